The smallest absolute Gasteiger partial charge is 0.224 e. The van der Waals surface area contributed by atoms with Gasteiger partial charge in [0.15, 0.2) is 0 Å². The van der Waals surface area contributed by atoms with E-state index in [1.54, 1.807) is 0 Å². The summed E-state index contributed by atoms with van der Waals surface area (Å²) in [6.45, 7) is 2.23. The molecule has 0 heterocycles. The van der Waals surface area contributed by atoms with Gasteiger partial charge in [-0.15, -0.1) is 0 Å². The maximum Gasteiger partial charge on any atom is 0.224 e. The number of carbonyl (C=O) groups is 1. The van der Waals surface area contributed by atoms with Crippen LogP contribution in [0.5, 0.6) is 0 Å². The minimum atomic E-state index is -0.363. The molecule has 2 aliphatic carbocycles. The third kappa shape index (κ3) is 2.86. The van der Waals surface area contributed by atoms with E-state index in [1.165, 1.54) is 41.5 Å². The van der Waals surface area contributed by atoms with E-state index in [0.29, 0.717) is 0 Å². The quantitative estimate of drug-likeness (QED) is 0.728. The van der Waals surface area contributed by atoms with Gasteiger partial charge in [0.05, 0.1) is 5.54 Å². The third-order valence-electron chi connectivity index (χ3n) is 6.28. The number of nitrogens with one attached hydrogen (secondary N) is 1. The molecule has 4 rings (SSSR count). The molecule has 136 valence electrons. The molecule has 0 atom stereocenters. The number of fused-ring (bicyclic) bond motifs is 3. The van der Waals surface area contributed by atoms with Crippen molar-refractivity contribution in [1.82, 2.24) is 5.32 Å². The number of benzene rings is 2. The number of carbonyl (C=O) groups excluding carboxylic acids is 1. The third-order valence-corrected chi connectivity index (χ3v) is 6.28. The van der Waals surface area contributed by atoms with Gasteiger partial charge < -0.3 is 5.32 Å². The van der Waals surface area contributed by atoms with Gasteiger partial charge in [0.2, 0.25) is 5.91 Å². The van der Waals surface area contributed by atoms with Crippen LogP contribution < -0.4 is 5.32 Å². The Hall–Kier alpha value is -2.09. The van der Waals surface area contributed by atoms with E-state index < -0.39 is 0 Å². The molecule has 0 unspecified atom stereocenters. The molecule has 0 aromatic heterocycles. The predicted molar refractivity (Wildman–Crippen MR) is 107 cm³/mol. The Morgan fingerprint density at radius 1 is 0.962 bits per heavy atom. The lowest BCUT2D eigenvalue weighted by Crippen LogP contribution is -2.48. The van der Waals surface area contributed by atoms with Crippen molar-refractivity contribution in [2.24, 2.45) is 5.92 Å². The number of rotatable bonds is 5. The molecule has 1 saturated carbocycles. The van der Waals surface area contributed by atoms with Gasteiger partial charge in [0, 0.05) is 5.92 Å². The van der Waals surface area contributed by atoms with E-state index in [9.17, 15) is 4.79 Å². The highest BCUT2D eigenvalue weighted by Gasteiger charge is 2.44. The second-order valence-electron chi connectivity index (χ2n) is 7.92. The molecule has 0 saturated heterocycles. The molecule has 2 aromatic rings. The maximum atomic E-state index is 13.2. The van der Waals surface area contributed by atoms with Crippen molar-refractivity contribution in [3.8, 4) is 11.1 Å². The van der Waals surface area contributed by atoms with E-state index in [4.69, 9.17) is 0 Å². The first kappa shape index (κ1) is 17.3. The van der Waals surface area contributed by atoms with Crippen LogP contribution in [0.4, 0.5) is 0 Å². The number of unbranched alkanes of at least 4 members (excludes halogenated alkanes) is 1. The van der Waals surface area contributed by atoms with E-state index in [0.717, 1.165) is 32.1 Å². The molecule has 1 amide bonds. The van der Waals surface area contributed by atoms with Gasteiger partial charge in [0.1, 0.15) is 0 Å². The number of hydrogen-bond acceptors (Lipinski definition) is 1. The van der Waals surface area contributed by atoms with Crippen LogP contribution in [0, 0.1) is 5.92 Å². The van der Waals surface area contributed by atoms with E-state index in [-0.39, 0.29) is 17.4 Å². The monoisotopic (exact) mass is 347 g/mol. The lowest BCUT2D eigenvalue weighted by Gasteiger charge is -2.35. The first-order valence-electron chi connectivity index (χ1n) is 10.3. The summed E-state index contributed by atoms with van der Waals surface area (Å²) in [7, 11) is 0. The zero-order valence-corrected chi connectivity index (χ0v) is 15.8. The number of hydrogen-bond donors (Lipinski definition) is 1. The first-order chi connectivity index (χ1) is 12.8. The maximum absolute atomic E-state index is 13.2. The zero-order valence-electron chi connectivity index (χ0n) is 15.8. The highest BCUT2D eigenvalue weighted by atomic mass is 16.2. The van der Waals surface area contributed by atoms with Crippen LogP contribution in [0.1, 0.15) is 69.4 Å². The first-order valence-corrected chi connectivity index (χ1v) is 10.3. The summed E-state index contributed by atoms with van der Waals surface area (Å²) in [4.78, 5) is 13.2. The fourth-order valence-electron chi connectivity index (χ4n) is 4.91. The van der Waals surface area contributed by atoms with Crippen LogP contribution in [0.15, 0.2) is 48.5 Å². The molecule has 1 fully saturated rings. The Labute approximate surface area is 157 Å². The molecule has 0 aliphatic heterocycles. The summed E-state index contributed by atoms with van der Waals surface area (Å²) < 4.78 is 0. The van der Waals surface area contributed by atoms with Crippen molar-refractivity contribution in [2.45, 2.75) is 63.8 Å². The van der Waals surface area contributed by atoms with Crippen molar-refractivity contribution in [1.29, 1.82) is 0 Å². The van der Waals surface area contributed by atoms with Crippen LogP contribution in [0.25, 0.3) is 11.1 Å². The normalized spacial score (nSPS) is 18.2. The van der Waals surface area contributed by atoms with Crippen molar-refractivity contribution in [3.05, 3.63) is 59.7 Å². The lowest BCUT2D eigenvalue weighted by molar-refractivity contribution is -0.127. The Kier molecular flexibility index (Phi) is 4.84. The highest BCUT2D eigenvalue weighted by Crippen LogP contribution is 2.50. The van der Waals surface area contributed by atoms with Gasteiger partial charge in [-0.05, 0) is 41.5 Å². The Balaban J connectivity index is 1.77. The largest absolute Gasteiger partial charge is 0.342 e. The fourth-order valence-corrected chi connectivity index (χ4v) is 4.91. The molecule has 26 heavy (non-hydrogen) atoms. The van der Waals surface area contributed by atoms with Crippen LogP contribution >= 0.6 is 0 Å². The summed E-state index contributed by atoms with van der Waals surface area (Å²) in [5.41, 5.74) is 4.75. The molecule has 2 nitrogen and oxygen atoms in total. The predicted octanol–water partition coefficient (Wildman–Crippen LogP) is 5.80. The molecular weight excluding hydrogens is 318 g/mol. The zero-order chi connectivity index (χ0) is 18.0. The van der Waals surface area contributed by atoms with Crippen molar-refractivity contribution < 1.29 is 4.79 Å². The van der Waals surface area contributed by atoms with Crippen LogP contribution in [0.2, 0.25) is 0 Å². The standard InChI is InChI=1S/C24H29NO/c1-2-3-17-24(25-23(26)18-11-5-4-6-12-18)21-15-9-7-13-19(21)20-14-8-10-16-22(20)24/h7-10,13-16,18H,2-6,11-12,17H2,1H3,(H,25,26). The molecule has 1 N–H and O–H groups in total. The van der Waals surface area contributed by atoms with Crippen LogP contribution in [0.3, 0.4) is 0 Å². The van der Waals surface area contributed by atoms with Crippen molar-refractivity contribution in [3.63, 3.8) is 0 Å². The fraction of sp³-hybridized carbons (Fsp3) is 0.458. The minimum Gasteiger partial charge on any atom is -0.342 e. The summed E-state index contributed by atoms with van der Waals surface area (Å²) in [6, 6.07) is 17.3. The summed E-state index contributed by atoms with van der Waals surface area (Å²) >= 11 is 0. The highest BCUT2D eigenvalue weighted by molar-refractivity contribution is 5.86. The average molecular weight is 348 g/mol. The van der Waals surface area contributed by atoms with E-state index >= 15 is 0 Å². The van der Waals surface area contributed by atoms with Crippen molar-refractivity contribution in [2.75, 3.05) is 0 Å². The Morgan fingerprint density at radius 2 is 1.54 bits per heavy atom. The Morgan fingerprint density at radius 3 is 2.12 bits per heavy atom. The second kappa shape index (κ2) is 7.26. The van der Waals surface area contributed by atoms with Gasteiger partial charge in [-0.3, -0.25) is 4.79 Å². The van der Waals surface area contributed by atoms with Gasteiger partial charge in [-0.1, -0.05) is 87.6 Å². The summed E-state index contributed by atoms with van der Waals surface area (Å²) in [5.74, 6) is 0.439. The molecule has 2 heteroatoms. The molecule has 2 aliphatic rings. The molecule has 0 radical (unpaired) electrons. The van der Waals surface area contributed by atoms with E-state index in [1.807, 2.05) is 0 Å². The molecule has 2 aromatic carbocycles. The molecule has 0 bridgehead atoms. The molecule has 0 spiro atoms. The summed E-state index contributed by atoms with van der Waals surface area (Å²) in [5, 5.41) is 3.57. The minimum absolute atomic E-state index is 0.183. The van der Waals surface area contributed by atoms with Gasteiger partial charge in [-0.2, -0.15) is 0 Å². The van der Waals surface area contributed by atoms with Gasteiger partial charge in [0.25, 0.3) is 0 Å². The Bertz CT molecular complexity index is 743. The van der Waals surface area contributed by atoms with E-state index in [2.05, 4.69) is 60.8 Å². The average Bonchev–Trinajstić information content (AvgIpc) is 2.98. The van der Waals surface area contributed by atoms with Crippen molar-refractivity contribution >= 4 is 5.91 Å². The van der Waals surface area contributed by atoms with Gasteiger partial charge >= 0.3 is 0 Å². The lowest BCUT2D eigenvalue weighted by atomic mass is 9.81. The van der Waals surface area contributed by atoms with Gasteiger partial charge in [-0.25, -0.2) is 0 Å². The summed E-state index contributed by atoms with van der Waals surface area (Å²) in [6.07, 6.45) is 8.93. The molecular formula is C24H29NO. The topological polar surface area (TPSA) is 29.1 Å². The SMILES string of the molecule is CCCCC1(NC(=O)C2CCCCC2)c2ccccc2-c2ccccc21. The number of amides is 1. The van der Waals surface area contributed by atoms with Crippen LogP contribution in [-0.2, 0) is 10.3 Å². The van der Waals surface area contributed by atoms with Crippen LogP contribution in [-0.4, -0.2) is 5.91 Å². The second-order valence-corrected chi connectivity index (χ2v) is 7.92.